The molecule has 5 aromatic rings. The van der Waals surface area contributed by atoms with Gasteiger partial charge in [0.2, 0.25) is 0 Å². The van der Waals surface area contributed by atoms with Crippen LogP contribution < -0.4 is 5.56 Å². The normalized spacial score (nSPS) is 11.4. The van der Waals surface area contributed by atoms with E-state index in [1.807, 2.05) is 24.3 Å². The SMILES string of the molecule is Cn1nc(-c2ccncc2)c2scc(-c3csc4ccccc34)c2c1=O.O=C(O)C(F)(F)F. The minimum Gasteiger partial charge on any atom is -0.475 e. The molecule has 0 spiro atoms. The molecule has 5 rings (SSSR count). The van der Waals surface area contributed by atoms with Crippen LogP contribution in [0.4, 0.5) is 13.2 Å². The molecule has 0 fully saturated rings. The summed E-state index contributed by atoms with van der Waals surface area (Å²) < 4.78 is 35.3. The van der Waals surface area contributed by atoms with Gasteiger partial charge in [0.25, 0.3) is 5.56 Å². The van der Waals surface area contributed by atoms with Crippen molar-refractivity contribution in [2.24, 2.45) is 7.05 Å². The van der Waals surface area contributed by atoms with Crippen LogP contribution in [0.3, 0.4) is 0 Å². The lowest BCUT2D eigenvalue weighted by molar-refractivity contribution is -0.192. The molecule has 6 nitrogen and oxygen atoms in total. The Kier molecular flexibility index (Phi) is 6.00. The van der Waals surface area contributed by atoms with Crippen LogP contribution in [-0.2, 0) is 11.8 Å². The van der Waals surface area contributed by atoms with E-state index in [0.717, 1.165) is 32.5 Å². The number of nitrogens with zero attached hydrogens (tertiary/aromatic N) is 3. The predicted octanol–water partition coefficient (Wildman–Crippen LogP) is 5.57. The Morgan fingerprint density at radius 3 is 2.33 bits per heavy atom. The zero-order chi connectivity index (χ0) is 23.8. The van der Waals surface area contributed by atoms with Crippen LogP contribution >= 0.6 is 22.7 Å². The quantitative estimate of drug-likeness (QED) is 0.350. The van der Waals surface area contributed by atoms with E-state index in [9.17, 15) is 18.0 Å². The minimum absolute atomic E-state index is 0.0654. The molecule has 168 valence electrons. The van der Waals surface area contributed by atoms with E-state index < -0.39 is 12.1 Å². The number of fused-ring (bicyclic) bond motifs is 2. The van der Waals surface area contributed by atoms with Gasteiger partial charge in [-0.3, -0.25) is 9.78 Å². The summed E-state index contributed by atoms with van der Waals surface area (Å²) in [6.07, 6.45) is -1.59. The molecule has 0 aliphatic heterocycles. The Hall–Kier alpha value is -3.57. The van der Waals surface area contributed by atoms with Crippen molar-refractivity contribution < 1.29 is 23.1 Å². The summed E-state index contributed by atoms with van der Waals surface area (Å²) >= 11 is 3.28. The van der Waals surface area contributed by atoms with Crippen LogP contribution in [0.1, 0.15) is 0 Å². The maximum Gasteiger partial charge on any atom is 0.490 e. The fraction of sp³-hybridized carbons (Fsp3) is 0.0909. The molecule has 4 aromatic heterocycles. The van der Waals surface area contributed by atoms with Crippen molar-refractivity contribution in [3.8, 4) is 22.4 Å². The predicted molar refractivity (Wildman–Crippen MR) is 123 cm³/mol. The Bertz CT molecular complexity index is 1520. The molecule has 0 saturated carbocycles. The van der Waals surface area contributed by atoms with Gasteiger partial charge in [-0.2, -0.15) is 18.3 Å². The van der Waals surface area contributed by atoms with Crippen LogP contribution in [0, 0.1) is 0 Å². The molecule has 0 radical (unpaired) electrons. The summed E-state index contributed by atoms with van der Waals surface area (Å²) in [5, 5.41) is 17.8. The first-order chi connectivity index (χ1) is 15.7. The van der Waals surface area contributed by atoms with E-state index in [4.69, 9.17) is 9.90 Å². The molecule has 0 bridgehead atoms. The number of hydrogen-bond acceptors (Lipinski definition) is 6. The van der Waals surface area contributed by atoms with Gasteiger partial charge in [-0.25, -0.2) is 9.48 Å². The molecule has 0 saturated heterocycles. The Morgan fingerprint density at radius 2 is 1.67 bits per heavy atom. The number of pyridine rings is 1. The van der Waals surface area contributed by atoms with Crippen LogP contribution in [0.5, 0.6) is 0 Å². The van der Waals surface area contributed by atoms with Gasteiger partial charge in [0.1, 0.15) is 5.69 Å². The first kappa shape index (κ1) is 22.6. The summed E-state index contributed by atoms with van der Waals surface area (Å²) in [5.41, 5.74) is 3.82. The van der Waals surface area contributed by atoms with E-state index in [2.05, 4.69) is 33.0 Å². The highest BCUT2D eigenvalue weighted by atomic mass is 32.1. The van der Waals surface area contributed by atoms with Crippen molar-refractivity contribution in [2.75, 3.05) is 0 Å². The van der Waals surface area contributed by atoms with Crippen molar-refractivity contribution in [3.05, 3.63) is 69.9 Å². The topological polar surface area (TPSA) is 85.1 Å². The Morgan fingerprint density at radius 1 is 1.03 bits per heavy atom. The molecule has 0 unspecified atom stereocenters. The van der Waals surface area contributed by atoms with Gasteiger partial charge in [0, 0.05) is 51.6 Å². The number of rotatable bonds is 2. The molecule has 1 N–H and O–H groups in total. The fourth-order valence-corrected chi connectivity index (χ4v) is 5.26. The third-order valence-electron chi connectivity index (χ3n) is 4.73. The van der Waals surface area contributed by atoms with Gasteiger partial charge in [0.15, 0.2) is 0 Å². The molecule has 1 aromatic carbocycles. The summed E-state index contributed by atoms with van der Waals surface area (Å²) in [5.74, 6) is -2.76. The molecule has 11 heteroatoms. The first-order valence-corrected chi connectivity index (χ1v) is 11.1. The number of alkyl halides is 3. The van der Waals surface area contributed by atoms with E-state index in [1.165, 1.54) is 14.8 Å². The molecule has 0 aliphatic carbocycles. The standard InChI is InChI=1S/C20H13N3OS2.C2HF3O2/c1-23-20(24)17-15(14-10-25-16-5-3-2-4-13(14)16)11-26-19(17)18(22-23)12-6-8-21-9-7-12;3-2(4,5)1(6)7/h2-11H,1H3;(H,6,7). The number of carboxylic acid groups (broad SMARTS) is 1. The number of halogens is 3. The van der Waals surface area contributed by atoms with Crippen molar-refractivity contribution >= 4 is 48.8 Å². The third-order valence-corrected chi connectivity index (χ3v) is 6.68. The van der Waals surface area contributed by atoms with E-state index in [-0.39, 0.29) is 5.56 Å². The van der Waals surface area contributed by atoms with Gasteiger partial charge in [-0.1, -0.05) is 18.2 Å². The lowest BCUT2D eigenvalue weighted by Crippen LogP contribution is -2.21. The van der Waals surface area contributed by atoms with Gasteiger partial charge in [0.05, 0.1) is 10.1 Å². The third kappa shape index (κ3) is 4.37. The molecule has 4 heterocycles. The van der Waals surface area contributed by atoms with E-state index in [0.29, 0.717) is 0 Å². The summed E-state index contributed by atoms with van der Waals surface area (Å²) in [6.45, 7) is 0. The van der Waals surface area contributed by atoms with E-state index >= 15 is 0 Å². The number of carbonyl (C=O) groups is 1. The van der Waals surface area contributed by atoms with E-state index in [1.54, 1.807) is 42.1 Å². The van der Waals surface area contributed by atoms with Gasteiger partial charge >= 0.3 is 12.1 Å². The summed E-state index contributed by atoms with van der Waals surface area (Å²) in [4.78, 5) is 25.9. The number of thiophene rings is 2. The van der Waals surface area contributed by atoms with Crippen LogP contribution in [-0.4, -0.2) is 32.0 Å². The highest BCUT2D eigenvalue weighted by Gasteiger charge is 2.38. The van der Waals surface area contributed by atoms with Crippen LogP contribution in [0.15, 0.2) is 64.3 Å². The second-order valence-corrected chi connectivity index (χ2v) is 8.61. The number of carboxylic acids is 1. The molecule has 0 aliphatic rings. The fourth-order valence-electron chi connectivity index (χ4n) is 3.23. The largest absolute Gasteiger partial charge is 0.490 e. The number of aromatic nitrogens is 3. The van der Waals surface area contributed by atoms with Crippen molar-refractivity contribution in [1.82, 2.24) is 14.8 Å². The van der Waals surface area contributed by atoms with Crippen molar-refractivity contribution in [1.29, 1.82) is 0 Å². The number of aryl methyl sites for hydroxylation is 1. The second kappa shape index (κ2) is 8.75. The smallest absolute Gasteiger partial charge is 0.475 e. The molecule has 33 heavy (non-hydrogen) atoms. The van der Waals surface area contributed by atoms with Gasteiger partial charge in [-0.05, 0) is 23.6 Å². The zero-order valence-electron chi connectivity index (χ0n) is 16.8. The van der Waals surface area contributed by atoms with Crippen molar-refractivity contribution in [2.45, 2.75) is 6.18 Å². The summed E-state index contributed by atoms with van der Waals surface area (Å²) in [7, 11) is 1.71. The molecular weight excluding hydrogens is 475 g/mol. The highest BCUT2D eigenvalue weighted by molar-refractivity contribution is 7.19. The maximum atomic E-state index is 12.9. The van der Waals surface area contributed by atoms with Crippen LogP contribution in [0.25, 0.3) is 42.6 Å². The Labute approximate surface area is 192 Å². The second-order valence-electron chi connectivity index (χ2n) is 6.82. The lowest BCUT2D eigenvalue weighted by atomic mass is 10.0. The average molecular weight is 490 g/mol. The van der Waals surface area contributed by atoms with Crippen molar-refractivity contribution in [3.63, 3.8) is 0 Å². The first-order valence-electron chi connectivity index (χ1n) is 9.34. The number of aliphatic carboxylic acids is 1. The average Bonchev–Trinajstić information content (AvgIpc) is 3.41. The van der Waals surface area contributed by atoms with Gasteiger partial charge in [-0.15, -0.1) is 22.7 Å². The number of benzene rings is 1. The highest BCUT2D eigenvalue weighted by Crippen LogP contribution is 2.41. The Balaban J connectivity index is 0.000000325. The summed E-state index contributed by atoms with van der Waals surface area (Å²) in [6, 6.07) is 12.1. The molecule has 0 amide bonds. The number of hydrogen-bond donors (Lipinski definition) is 1. The minimum atomic E-state index is -5.08. The molecular formula is C22H14F3N3O3S2. The lowest BCUT2D eigenvalue weighted by Gasteiger charge is -2.06. The van der Waals surface area contributed by atoms with Gasteiger partial charge < -0.3 is 5.11 Å². The zero-order valence-corrected chi connectivity index (χ0v) is 18.5. The molecule has 0 atom stereocenters. The van der Waals surface area contributed by atoms with Crippen LogP contribution in [0.2, 0.25) is 0 Å². The maximum absolute atomic E-state index is 12.9. The monoisotopic (exact) mass is 489 g/mol.